The first-order chi connectivity index (χ1) is 12.2. The van der Waals surface area contributed by atoms with Crippen molar-refractivity contribution in [3.8, 4) is 5.75 Å². The largest absolute Gasteiger partial charge is 0.493 e. The number of piperidine rings is 1. The Hall–Kier alpha value is -2.70. The fourth-order valence-corrected chi connectivity index (χ4v) is 3.29. The van der Waals surface area contributed by atoms with Crippen molar-refractivity contribution in [1.29, 1.82) is 0 Å². The van der Waals surface area contributed by atoms with Gasteiger partial charge in [-0.3, -0.25) is 4.98 Å². The van der Waals surface area contributed by atoms with Gasteiger partial charge in [0.1, 0.15) is 11.6 Å². The highest BCUT2D eigenvalue weighted by Gasteiger charge is 2.22. The van der Waals surface area contributed by atoms with Gasteiger partial charge in [0.15, 0.2) is 11.5 Å². The van der Waals surface area contributed by atoms with E-state index in [0.29, 0.717) is 12.5 Å². The van der Waals surface area contributed by atoms with Crippen LogP contribution in [-0.4, -0.2) is 44.5 Å². The molecule has 1 unspecified atom stereocenters. The van der Waals surface area contributed by atoms with Crippen LogP contribution in [0.4, 0.5) is 5.82 Å². The van der Waals surface area contributed by atoms with E-state index in [4.69, 9.17) is 9.84 Å². The predicted octanol–water partition coefficient (Wildman–Crippen LogP) is 2.43. The maximum atomic E-state index is 5.98. The first-order valence-corrected chi connectivity index (χ1v) is 8.68. The van der Waals surface area contributed by atoms with Crippen molar-refractivity contribution < 1.29 is 4.74 Å². The summed E-state index contributed by atoms with van der Waals surface area (Å²) in [4.78, 5) is 6.53. The van der Waals surface area contributed by atoms with Gasteiger partial charge in [0.25, 0.3) is 0 Å². The van der Waals surface area contributed by atoms with Crippen molar-refractivity contribution in [2.75, 3.05) is 24.6 Å². The van der Waals surface area contributed by atoms with E-state index in [0.717, 1.165) is 48.2 Å². The molecule has 25 heavy (non-hydrogen) atoms. The Morgan fingerprint density at radius 1 is 1.20 bits per heavy atom. The van der Waals surface area contributed by atoms with Crippen molar-refractivity contribution in [2.24, 2.45) is 5.92 Å². The molecule has 1 fully saturated rings. The van der Waals surface area contributed by atoms with E-state index in [-0.39, 0.29) is 0 Å². The maximum absolute atomic E-state index is 5.98. The SMILES string of the molecule is Cc1cc(OCC2CCCN(c3ccc4nnc(C)n4n3)C2)ccn1. The van der Waals surface area contributed by atoms with E-state index in [1.807, 2.05) is 38.1 Å². The molecule has 0 aliphatic carbocycles. The Labute approximate surface area is 146 Å². The Bertz CT molecular complexity index is 877. The topological polar surface area (TPSA) is 68.4 Å². The van der Waals surface area contributed by atoms with E-state index in [9.17, 15) is 0 Å². The number of aromatic nitrogens is 5. The average Bonchev–Trinajstić information content (AvgIpc) is 3.01. The lowest BCUT2D eigenvalue weighted by molar-refractivity contribution is 0.228. The van der Waals surface area contributed by atoms with Crippen LogP contribution in [0.5, 0.6) is 5.75 Å². The summed E-state index contributed by atoms with van der Waals surface area (Å²) in [5, 5.41) is 12.9. The summed E-state index contributed by atoms with van der Waals surface area (Å²) >= 11 is 0. The van der Waals surface area contributed by atoms with Crippen LogP contribution in [0, 0.1) is 19.8 Å². The van der Waals surface area contributed by atoms with Crippen molar-refractivity contribution >= 4 is 11.5 Å². The van der Waals surface area contributed by atoms with Gasteiger partial charge in [-0.15, -0.1) is 15.3 Å². The molecule has 130 valence electrons. The van der Waals surface area contributed by atoms with Crippen molar-refractivity contribution in [3.05, 3.63) is 42.0 Å². The molecule has 4 heterocycles. The number of hydrogen-bond acceptors (Lipinski definition) is 6. The number of pyridine rings is 1. The molecule has 0 bridgehead atoms. The van der Waals surface area contributed by atoms with Crippen molar-refractivity contribution in [2.45, 2.75) is 26.7 Å². The van der Waals surface area contributed by atoms with Crippen LogP contribution in [0.2, 0.25) is 0 Å². The number of nitrogens with zero attached hydrogens (tertiary/aromatic N) is 6. The number of fused-ring (bicyclic) bond motifs is 1. The van der Waals surface area contributed by atoms with E-state index < -0.39 is 0 Å². The minimum absolute atomic E-state index is 0.488. The van der Waals surface area contributed by atoms with Gasteiger partial charge in [-0.1, -0.05) is 0 Å². The van der Waals surface area contributed by atoms with Crippen LogP contribution in [-0.2, 0) is 0 Å². The van der Waals surface area contributed by atoms with E-state index >= 15 is 0 Å². The van der Waals surface area contributed by atoms with Gasteiger partial charge in [-0.25, -0.2) is 0 Å². The minimum Gasteiger partial charge on any atom is -0.493 e. The molecule has 7 nitrogen and oxygen atoms in total. The summed E-state index contributed by atoms with van der Waals surface area (Å²) in [6.07, 6.45) is 4.11. The van der Waals surface area contributed by atoms with Gasteiger partial charge in [0.05, 0.1) is 6.61 Å². The lowest BCUT2D eigenvalue weighted by atomic mass is 9.99. The highest BCUT2D eigenvalue weighted by molar-refractivity contribution is 5.46. The molecular weight excluding hydrogens is 316 g/mol. The van der Waals surface area contributed by atoms with Crippen LogP contribution in [0.15, 0.2) is 30.5 Å². The van der Waals surface area contributed by atoms with E-state index in [2.05, 4.69) is 20.1 Å². The zero-order valence-corrected chi connectivity index (χ0v) is 14.6. The molecule has 3 aromatic heterocycles. The standard InChI is InChI=1S/C18H22N6O/c1-13-10-16(7-8-19-13)25-12-15-4-3-9-23(11-15)18-6-5-17-21-20-14(2)24(17)22-18/h5-8,10,15H,3-4,9,11-12H2,1-2H3. The lowest BCUT2D eigenvalue weighted by Crippen LogP contribution is -2.38. The van der Waals surface area contributed by atoms with Crippen LogP contribution >= 0.6 is 0 Å². The third-order valence-electron chi connectivity index (χ3n) is 4.60. The number of aryl methyl sites for hydroxylation is 2. The molecule has 3 aromatic rings. The second-order valence-corrected chi connectivity index (χ2v) is 6.61. The average molecular weight is 338 g/mol. The smallest absolute Gasteiger partial charge is 0.178 e. The lowest BCUT2D eigenvalue weighted by Gasteiger charge is -2.33. The first kappa shape index (κ1) is 15.8. The Kier molecular flexibility index (Phi) is 4.21. The molecule has 0 amide bonds. The van der Waals surface area contributed by atoms with Crippen LogP contribution in [0.25, 0.3) is 5.65 Å². The fraction of sp³-hybridized carbons (Fsp3) is 0.444. The molecule has 0 spiro atoms. The first-order valence-electron chi connectivity index (χ1n) is 8.68. The Balaban J connectivity index is 1.43. The highest BCUT2D eigenvalue weighted by atomic mass is 16.5. The Morgan fingerprint density at radius 2 is 2.12 bits per heavy atom. The molecule has 0 aromatic carbocycles. The summed E-state index contributed by atoms with van der Waals surface area (Å²) in [5.74, 6) is 3.16. The maximum Gasteiger partial charge on any atom is 0.178 e. The molecule has 7 heteroatoms. The normalized spacial score (nSPS) is 17.8. The molecular formula is C18H22N6O. The third-order valence-corrected chi connectivity index (χ3v) is 4.60. The zero-order chi connectivity index (χ0) is 17.2. The molecule has 1 aliphatic heterocycles. The highest BCUT2D eigenvalue weighted by Crippen LogP contribution is 2.23. The molecule has 0 saturated carbocycles. The van der Waals surface area contributed by atoms with E-state index in [1.54, 1.807) is 10.7 Å². The van der Waals surface area contributed by atoms with Crippen LogP contribution in [0.3, 0.4) is 0 Å². The number of ether oxygens (including phenoxy) is 1. The minimum atomic E-state index is 0.488. The fourth-order valence-electron chi connectivity index (χ4n) is 3.29. The Morgan fingerprint density at radius 3 is 3.00 bits per heavy atom. The summed E-state index contributed by atoms with van der Waals surface area (Å²) in [6.45, 7) is 6.58. The monoisotopic (exact) mass is 338 g/mol. The molecule has 1 atom stereocenters. The van der Waals surface area contributed by atoms with Gasteiger partial charge in [0.2, 0.25) is 0 Å². The molecule has 4 rings (SSSR count). The van der Waals surface area contributed by atoms with Crippen LogP contribution < -0.4 is 9.64 Å². The van der Waals surface area contributed by atoms with Gasteiger partial charge in [-0.05, 0) is 44.9 Å². The van der Waals surface area contributed by atoms with Gasteiger partial charge in [-0.2, -0.15) is 4.52 Å². The molecule has 0 N–H and O–H groups in total. The number of anilines is 1. The second kappa shape index (κ2) is 6.66. The zero-order valence-electron chi connectivity index (χ0n) is 14.6. The predicted molar refractivity (Wildman–Crippen MR) is 94.9 cm³/mol. The van der Waals surface area contributed by atoms with Crippen molar-refractivity contribution in [3.63, 3.8) is 0 Å². The van der Waals surface area contributed by atoms with Gasteiger partial charge in [0, 0.05) is 37.0 Å². The molecule has 1 aliphatic rings. The molecule has 1 saturated heterocycles. The second-order valence-electron chi connectivity index (χ2n) is 6.61. The number of rotatable bonds is 4. The van der Waals surface area contributed by atoms with Gasteiger partial charge < -0.3 is 9.64 Å². The van der Waals surface area contributed by atoms with E-state index in [1.165, 1.54) is 6.42 Å². The summed E-state index contributed by atoms with van der Waals surface area (Å²) in [7, 11) is 0. The third kappa shape index (κ3) is 3.40. The number of hydrogen-bond donors (Lipinski definition) is 0. The van der Waals surface area contributed by atoms with Gasteiger partial charge >= 0.3 is 0 Å². The van der Waals surface area contributed by atoms with Crippen LogP contribution in [0.1, 0.15) is 24.4 Å². The molecule has 0 radical (unpaired) electrons. The summed E-state index contributed by atoms with van der Waals surface area (Å²) in [5.41, 5.74) is 1.76. The summed E-state index contributed by atoms with van der Waals surface area (Å²) < 4.78 is 7.78. The van der Waals surface area contributed by atoms with Crippen molar-refractivity contribution in [1.82, 2.24) is 24.8 Å². The summed E-state index contributed by atoms with van der Waals surface area (Å²) in [6, 6.07) is 7.89. The quantitative estimate of drug-likeness (QED) is 0.728.